The smallest absolute Gasteiger partial charge is 0.220 e. The van der Waals surface area contributed by atoms with E-state index in [-0.39, 0.29) is 5.91 Å². The van der Waals surface area contributed by atoms with E-state index in [1.54, 1.807) is 0 Å². The zero-order valence-corrected chi connectivity index (χ0v) is 7.75. The summed E-state index contributed by atoms with van der Waals surface area (Å²) in [4.78, 5) is 11.3. The summed E-state index contributed by atoms with van der Waals surface area (Å²) < 4.78 is 0. The number of carbonyl (C=O) groups excluding carboxylic acids is 1. The van der Waals surface area contributed by atoms with Gasteiger partial charge < -0.3 is 5.32 Å². The van der Waals surface area contributed by atoms with Crippen molar-refractivity contribution in [2.24, 2.45) is 5.92 Å². The molecule has 0 radical (unpaired) electrons. The quantitative estimate of drug-likeness (QED) is 0.393. The molecule has 0 aromatic carbocycles. The molecule has 1 amide bonds. The Bertz CT molecular complexity index is 237. The summed E-state index contributed by atoms with van der Waals surface area (Å²) >= 11 is 0. The summed E-state index contributed by atoms with van der Waals surface area (Å²) in [7, 11) is 0. The van der Waals surface area contributed by atoms with Gasteiger partial charge in [-0.05, 0) is 18.8 Å². The average Bonchev–Trinajstić information content (AvgIpc) is 2.57. The van der Waals surface area contributed by atoms with Crippen LogP contribution in [0, 0.1) is 18.3 Å². The second-order valence-corrected chi connectivity index (χ2v) is 3.27. The van der Waals surface area contributed by atoms with Crippen LogP contribution in [0.25, 0.3) is 0 Å². The van der Waals surface area contributed by atoms with Crippen molar-refractivity contribution in [1.82, 2.24) is 5.32 Å². The molecule has 0 saturated heterocycles. The van der Waals surface area contributed by atoms with E-state index < -0.39 is 0 Å². The van der Waals surface area contributed by atoms with Crippen LogP contribution in [0.5, 0.6) is 0 Å². The number of allylic oxidation sites excluding steroid dienone is 2. The van der Waals surface area contributed by atoms with Gasteiger partial charge in [0, 0.05) is 19.4 Å². The van der Waals surface area contributed by atoms with E-state index in [1.165, 1.54) is 0 Å². The lowest BCUT2D eigenvalue weighted by Crippen LogP contribution is -2.25. The number of carbonyl (C=O) groups is 1. The van der Waals surface area contributed by atoms with Crippen molar-refractivity contribution < 1.29 is 4.79 Å². The van der Waals surface area contributed by atoms with Crippen molar-refractivity contribution in [2.75, 3.05) is 6.54 Å². The summed E-state index contributed by atoms with van der Waals surface area (Å²) in [6.45, 7) is 0.603. The van der Waals surface area contributed by atoms with Gasteiger partial charge in [0.05, 0.1) is 0 Å². The molecule has 2 nitrogen and oxygen atoms in total. The Morgan fingerprint density at radius 1 is 1.69 bits per heavy atom. The van der Waals surface area contributed by atoms with Crippen LogP contribution in [0.3, 0.4) is 0 Å². The number of amides is 1. The number of hydrogen-bond donors (Lipinski definition) is 1. The molecule has 1 atom stereocenters. The lowest BCUT2D eigenvalue weighted by Gasteiger charge is -2.06. The van der Waals surface area contributed by atoms with Crippen molar-refractivity contribution in [3.63, 3.8) is 0 Å². The third-order valence-electron chi connectivity index (χ3n) is 2.15. The molecule has 1 aliphatic rings. The van der Waals surface area contributed by atoms with Gasteiger partial charge in [-0.25, -0.2) is 0 Å². The van der Waals surface area contributed by atoms with Gasteiger partial charge in [0.15, 0.2) is 0 Å². The van der Waals surface area contributed by atoms with Gasteiger partial charge in [-0.1, -0.05) is 12.2 Å². The van der Waals surface area contributed by atoms with Gasteiger partial charge in [0.25, 0.3) is 0 Å². The minimum Gasteiger partial charge on any atom is -0.355 e. The minimum absolute atomic E-state index is 0.117. The number of rotatable bonds is 4. The monoisotopic (exact) mass is 177 g/mol. The maximum Gasteiger partial charge on any atom is 0.220 e. The number of terminal acetylenes is 1. The summed E-state index contributed by atoms with van der Waals surface area (Å²) in [6, 6.07) is 0. The second-order valence-electron chi connectivity index (χ2n) is 3.27. The fourth-order valence-corrected chi connectivity index (χ4v) is 1.45. The summed E-state index contributed by atoms with van der Waals surface area (Å²) in [5.41, 5.74) is 0. The molecule has 0 heterocycles. The predicted octanol–water partition coefficient (Wildman–Crippen LogP) is 1.48. The molecule has 0 bridgehead atoms. The standard InChI is InChI=1S/C11H15NO/c1-2-3-8-12-11(13)9-10-6-4-5-7-10/h1,4,6,10H,3,5,7-9H2,(H,12,13). The summed E-state index contributed by atoms with van der Waals surface area (Å²) in [6.07, 6.45) is 12.8. The molecule has 70 valence electrons. The molecular weight excluding hydrogens is 162 g/mol. The van der Waals surface area contributed by atoms with Gasteiger partial charge in [-0.2, -0.15) is 0 Å². The Kier molecular flexibility index (Phi) is 4.11. The fourth-order valence-electron chi connectivity index (χ4n) is 1.45. The Morgan fingerprint density at radius 2 is 2.54 bits per heavy atom. The fraction of sp³-hybridized carbons (Fsp3) is 0.545. The van der Waals surface area contributed by atoms with Gasteiger partial charge in [0.2, 0.25) is 5.91 Å². The molecule has 1 rings (SSSR count). The first-order valence-electron chi connectivity index (χ1n) is 4.69. The highest BCUT2D eigenvalue weighted by Gasteiger charge is 2.12. The zero-order chi connectivity index (χ0) is 9.52. The van der Waals surface area contributed by atoms with Crippen LogP contribution in [0.4, 0.5) is 0 Å². The minimum atomic E-state index is 0.117. The maximum atomic E-state index is 11.3. The van der Waals surface area contributed by atoms with Gasteiger partial charge in [-0.15, -0.1) is 12.3 Å². The Balaban J connectivity index is 2.10. The third kappa shape index (κ3) is 3.80. The zero-order valence-electron chi connectivity index (χ0n) is 7.75. The molecule has 2 heteroatoms. The van der Waals surface area contributed by atoms with E-state index in [0.29, 0.717) is 25.3 Å². The van der Waals surface area contributed by atoms with Crippen molar-refractivity contribution in [2.45, 2.75) is 25.7 Å². The second kappa shape index (κ2) is 5.42. The highest BCUT2D eigenvalue weighted by molar-refractivity contribution is 5.76. The van der Waals surface area contributed by atoms with Crippen LogP contribution in [0.15, 0.2) is 12.2 Å². The molecule has 1 N–H and O–H groups in total. The van der Waals surface area contributed by atoms with Crippen molar-refractivity contribution in [3.05, 3.63) is 12.2 Å². The lowest BCUT2D eigenvalue weighted by atomic mass is 10.1. The topological polar surface area (TPSA) is 29.1 Å². The first kappa shape index (κ1) is 9.85. The largest absolute Gasteiger partial charge is 0.355 e. The number of hydrogen-bond acceptors (Lipinski definition) is 1. The van der Waals surface area contributed by atoms with E-state index >= 15 is 0 Å². The molecule has 0 fully saturated rings. The highest BCUT2D eigenvalue weighted by atomic mass is 16.1. The number of nitrogens with one attached hydrogen (secondary N) is 1. The van der Waals surface area contributed by atoms with E-state index in [4.69, 9.17) is 6.42 Å². The van der Waals surface area contributed by atoms with E-state index in [1.807, 2.05) is 0 Å². The first-order valence-corrected chi connectivity index (χ1v) is 4.69. The maximum absolute atomic E-state index is 11.3. The summed E-state index contributed by atoms with van der Waals surface area (Å²) in [5, 5.41) is 2.80. The average molecular weight is 177 g/mol. The summed E-state index contributed by atoms with van der Waals surface area (Å²) in [5.74, 6) is 3.06. The molecule has 1 aliphatic carbocycles. The van der Waals surface area contributed by atoms with Gasteiger partial charge >= 0.3 is 0 Å². The van der Waals surface area contributed by atoms with Gasteiger partial charge in [-0.3, -0.25) is 4.79 Å². The lowest BCUT2D eigenvalue weighted by molar-refractivity contribution is -0.121. The van der Waals surface area contributed by atoms with Crippen LogP contribution in [-0.2, 0) is 4.79 Å². The Labute approximate surface area is 79.4 Å². The molecule has 0 aromatic heterocycles. The molecule has 13 heavy (non-hydrogen) atoms. The van der Waals surface area contributed by atoms with Crippen LogP contribution < -0.4 is 5.32 Å². The molecule has 0 saturated carbocycles. The molecule has 0 aromatic rings. The first-order chi connectivity index (χ1) is 6.33. The van der Waals surface area contributed by atoms with E-state index in [0.717, 1.165) is 12.8 Å². The highest BCUT2D eigenvalue weighted by Crippen LogP contribution is 2.19. The van der Waals surface area contributed by atoms with Gasteiger partial charge in [0.1, 0.15) is 0 Å². The van der Waals surface area contributed by atoms with Crippen molar-refractivity contribution in [3.8, 4) is 12.3 Å². The predicted molar refractivity (Wildman–Crippen MR) is 52.9 cm³/mol. The molecule has 1 unspecified atom stereocenters. The molecule has 0 aliphatic heterocycles. The van der Waals surface area contributed by atoms with E-state index in [9.17, 15) is 4.79 Å². The third-order valence-corrected chi connectivity index (χ3v) is 2.15. The Hall–Kier alpha value is -1.23. The molecule has 0 spiro atoms. The van der Waals surface area contributed by atoms with Crippen LogP contribution in [0.1, 0.15) is 25.7 Å². The SMILES string of the molecule is C#CCCNC(=O)CC1C=CCC1. The normalized spacial score (nSPS) is 19.8. The van der Waals surface area contributed by atoms with Crippen LogP contribution in [-0.4, -0.2) is 12.5 Å². The van der Waals surface area contributed by atoms with E-state index in [2.05, 4.69) is 23.4 Å². The Morgan fingerprint density at radius 3 is 3.15 bits per heavy atom. The van der Waals surface area contributed by atoms with Crippen molar-refractivity contribution >= 4 is 5.91 Å². The molecular formula is C11H15NO. The van der Waals surface area contributed by atoms with Crippen LogP contribution in [0.2, 0.25) is 0 Å². The van der Waals surface area contributed by atoms with Crippen LogP contribution >= 0.6 is 0 Å². The van der Waals surface area contributed by atoms with Crippen molar-refractivity contribution in [1.29, 1.82) is 0 Å².